The zero-order valence-electron chi connectivity index (χ0n) is 18.1. The Kier molecular flexibility index (Phi) is 6.17. The normalized spacial score (nSPS) is 19.9. The summed E-state index contributed by atoms with van der Waals surface area (Å²) >= 11 is 1.61. The summed E-state index contributed by atoms with van der Waals surface area (Å²) in [5.74, 6) is 0.947. The molecule has 3 aromatic rings. The number of thioether (sulfide) groups is 1. The highest BCUT2D eigenvalue weighted by Crippen LogP contribution is 2.36. The van der Waals surface area contributed by atoms with Crippen molar-refractivity contribution < 1.29 is 17.9 Å². The second kappa shape index (κ2) is 9.23. The van der Waals surface area contributed by atoms with Gasteiger partial charge in [-0.2, -0.15) is 0 Å². The summed E-state index contributed by atoms with van der Waals surface area (Å²) in [5.41, 5.74) is 1.94. The maximum atomic E-state index is 14.0. The maximum Gasteiger partial charge on any atom is 0.290 e. The zero-order valence-corrected chi connectivity index (χ0v) is 19.8. The second-order valence-electron chi connectivity index (χ2n) is 8.35. The van der Waals surface area contributed by atoms with E-state index in [0.29, 0.717) is 25.3 Å². The lowest BCUT2D eigenvalue weighted by atomic mass is 10.0. The van der Waals surface area contributed by atoms with Crippen LogP contribution in [0.3, 0.4) is 0 Å². The fraction of sp³-hybridized carbons (Fsp3) is 0.269. The Balaban J connectivity index is 1.57. The average Bonchev–Trinajstić information content (AvgIpc) is 3.22. The van der Waals surface area contributed by atoms with Crippen LogP contribution < -0.4 is 0 Å². The van der Waals surface area contributed by atoms with Crippen molar-refractivity contribution in [3.8, 4) is 0 Å². The van der Waals surface area contributed by atoms with Crippen molar-refractivity contribution in [2.75, 3.05) is 23.9 Å². The highest BCUT2D eigenvalue weighted by atomic mass is 32.2. The van der Waals surface area contributed by atoms with E-state index in [1.165, 1.54) is 0 Å². The molecule has 1 fully saturated rings. The molecule has 0 N–H and O–H groups in total. The zero-order chi connectivity index (χ0) is 22.8. The molecule has 1 amide bonds. The lowest BCUT2D eigenvalue weighted by Crippen LogP contribution is -2.42. The number of rotatable bonds is 5. The van der Waals surface area contributed by atoms with Crippen molar-refractivity contribution in [1.29, 1.82) is 0 Å². The number of fused-ring (bicyclic) bond motifs is 1. The van der Waals surface area contributed by atoms with Crippen molar-refractivity contribution in [3.05, 3.63) is 89.7 Å². The molecule has 0 bridgehead atoms. The Morgan fingerprint density at radius 1 is 1.00 bits per heavy atom. The van der Waals surface area contributed by atoms with Gasteiger partial charge in [-0.3, -0.25) is 4.79 Å². The molecule has 7 heteroatoms. The van der Waals surface area contributed by atoms with Gasteiger partial charge in [-0.1, -0.05) is 72.8 Å². The minimum Gasteiger partial charge on any atom is -0.486 e. The molecule has 2 aliphatic heterocycles. The first-order valence-electron chi connectivity index (χ1n) is 11.1. The van der Waals surface area contributed by atoms with Crippen molar-refractivity contribution in [2.24, 2.45) is 0 Å². The summed E-state index contributed by atoms with van der Waals surface area (Å²) in [4.78, 5) is 16.5. The maximum absolute atomic E-state index is 14.0. The average molecular weight is 480 g/mol. The summed E-state index contributed by atoms with van der Waals surface area (Å²) in [6.07, 6.45) is 0.444. The van der Waals surface area contributed by atoms with Gasteiger partial charge in [0.2, 0.25) is 0 Å². The van der Waals surface area contributed by atoms with Gasteiger partial charge in [0.25, 0.3) is 5.91 Å². The van der Waals surface area contributed by atoms with E-state index in [2.05, 4.69) is 0 Å². The lowest BCUT2D eigenvalue weighted by molar-refractivity contribution is -0.133. The Morgan fingerprint density at radius 2 is 1.76 bits per heavy atom. The largest absolute Gasteiger partial charge is 0.486 e. The van der Waals surface area contributed by atoms with E-state index in [1.54, 1.807) is 16.7 Å². The minimum absolute atomic E-state index is 0.00933. The van der Waals surface area contributed by atoms with Crippen LogP contribution in [0.25, 0.3) is 15.7 Å². The number of carbonyl (C=O) groups is 1. The van der Waals surface area contributed by atoms with Crippen molar-refractivity contribution in [1.82, 2.24) is 4.90 Å². The van der Waals surface area contributed by atoms with E-state index in [0.717, 1.165) is 32.6 Å². The molecule has 0 aliphatic carbocycles. The van der Waals surface area contributed by atoms with Crippen LogP contribution in [0.1, 0.15) is 17.5 Å². The van der Waals surface area contributed by atoms with Crippen LogP contribution in [0, 0.1) is 0 Å². The number of hydrogen-bond acceptors (Lipinski definition) is 5. The van der Waals surface area contributed by atoms with E-state index in [-0.39, 0.29) is 23.5 Å². The van der Waals surface area contributed by atoms with Crippen LogP contribution >= 0.6 is 11.8 Å². The monoisotopic (exact) mass is 479 g/mol. The van der Waals surface area contributed by atoms with Crippen molar-refractivity contribution in [3.63, 3.8) is 0 Å². The van der Waals surface area contributed by atoms with E-state index in [9.17, 15) is 13.2 Å². The van der Waals surface area contributed by atoms with Gasteiger partial charge in [0.15, 0.2) is 15.6 Å². The number of amides is 1. The molecule has 5 nitrogen and oxygen atoms in total. The third-order valence-corrected chi connectivity index (χ3v) is 8.97. The molecule has 5 rings (SSSR count). The van der Waals surface area contributed by atoms with Crippen LogP contribution in [-0.2, 0) is 25.9 Å². The molecule has 1 saturated heterocycles. The lowest BCUT2D eigenvalue weighted by Gasteiger charge is -2.31. The van der Waals surface area contributed by atoms with E-state index in [1.807, 2.05) is 72.8 Å². The van der Waals surface area contributed by atoms with E-state index >= 15 is 0 Å². The van der Waals surface area contributed by atoms with Crippen LogP contribution in [0.4, 0.5) is 0 Å². The standard InChI is InChI=1S/C26H25NO4S2/c28-26(24-25(32-15-14-31-24)20-8-2-1-3-9-20)27(22-13-16-33(29,30)18-22)17-21-11-6-10-19-7-4-5-12-23(19)21/h1-12,22H,13-18H2/t22-/m0/s1. The molecule has 3 aromatic carbocycles. The van der Waals surface area contributed by atoms with Gasteiger partial charge in [0.1, 0.15) is 0 Å². The fourth-order valence-corrected chi connectivity index (χ4v) is 7.20. The molecular weight excluding hydrogens is 454 g/mol. The van der Waals surface area contributed by atoms with Crippen LogP contribution in [0.2, 0.25) is 0 Å². The van der Waals surface area contributed by atoms with Crippen LogP contribution in [0.5, 0.6) is 0 Å². The first kappa shape index (κ1) is 22.0. The molecule has 2 aliphatic rings. The molecule has 1 atom stereocenters. The van der Waals surface area contributed by atoms with Crippen LogP contribution in [-0.4, -0.2) is 49.1 Å². The topological polar surface area (TPSA) is 63.7 Å². The van der Waals surface area contributed by atoms with Gasteiger partial charge >= 0.3 is 0 Å². The number of ether oxygens (including phenoxy) is 1. The summed E-state index contributed by atoms with van der Waals surface area (Å²) in [6.45, 7) is 0.785. The van der Waals surface area contributed by atoms with Gasteiger partial charge < -0.3 is 9.64 Å². The Labute approximate surface area is 198 Å². The minimum atomic E-state index is -3.16. The van der Waals surface area contributed by atoms with Gasteiger partial charge in [-0.05, 0) is 28.3 Å². The van der Waals surface area contributed by atoms with Crippen molar-refractivity contribution in [2.45, 2.75) is 19.0 Å². The predicted octanol–water partition coefficient (Wildman–Crippen LogP) is 4.49. The molecule has 0 saturated carbocycles. The molecular formula is C26H25NO4S2. The summed E-state index contributed by atoms with van der Waals surface area (Å²) in [5, 5.41) is 2.16. The summed E-state index contributed by atoms with van der Waals surface area (Å²) in [7, 11) is -3.16. The first-order chi connectivity index (χ1) is 16.0. The third-order valence-electron chi connectivity index (χ3n) is 6.14. The van der Waals surface area contributed by atoms with Gasteiger partial charge in [0, 0.05) is 18.3 Å². The fourth-order valence-electron chi connectivity index (χ4n) is 4.51. The third kappa shape index (κ3) is 4.66. The predicted molar refractivity (Wildman–Crippen MR) is 133 cm³/mol. The molecule has 0 unspecified atom stereocenters. The molecule has 170 valence electrons. The quantitative estimate of drug-likeness (QED) is 0.540. The number of carbonyl (C=O) groups excluding carboxylic acids is 1. The van der Waals surface area contributed by atoms with Gasteiger partial charge in [-0.25, -0.2) is 8.42 Å². The van der Waals surface area contributed by atoms with Crippen molar-refractivity contribution >= 4 is 43.2 Å². The molecule has 2 heterocycles. The smallest absolute Gasteiger partial charge is 0.290 e. The number of hydrogen-bond donors (Lipinski definition) is 0. The number of sulfone groups is 1. The highest BCUT2D eigenvalue weighted by Gasteiger charge is 2.38. The van der Waals surface area contributed by atoms with E-state index in [4.69, 9.17) is 4.74 Å². The molecule has 0 radical (unpaired) electrons. The van der Waals surface area contributed by atoms with Crippen LogP contribution in [0.15, 0.2) is 78.6 Å². The van der Waals surface area contributed by atoms with Gasteiger partial charge in [0.05, 0.1) is 23.0 Å². The Morgan fingerprint density at radius 3 is 2.55 bits per heavy atom. The van der Waals surface area contributed by atoms with Gasteiger partial charge in [-0.15, -0.1) is 11.8 Å². The second-order valence-corrected chi connectivity index (χ2v) is 11.7. The molecule has 33 heavy (non-hydrogen) atoms. The highest BCUT2D eigenvalue weighted by molar-refractivity contribution is 8.08. The summed E-state index contributed by atoms with van der Waals surface area (Å²) < 4.78 is 30.6. The molecule has 0 spiro atoms. The Bertz CT molecular complexity index is 1310. The molecule has 0 aromatic heterocycles. The number of benzene rings is 3. The SMILES string of the molecule is O=C(C1=C(c2ccccc2)SCCO1)N(Cc1cccc2ccccc12)[C@H]1CCS(=O)(=O)C1. The van der Waals surface area contributed by atoms with E-state index < -0.39 is 9.84 Å². The summed E-state index contributed by atoms with van der Waals surface area (Å²) in [6, 6.07) is 23.5. The Hall–Kier alpha value is -2.77. The first-order valence-corrected chi connectivity index (χ1v) is 13.9. The number of nitrogens with zero attached hydrogens (tertiary/aromatic N) is 1.